The number of phenolic OH excluding ortho intramolecular Hbond substituents is 1. The first-order valence-electron chi connectivity index (χ1n) is 3.64. The molecule has 0 aliphatic carbocycles. The molecule has 3 nitrogen and oxygen atoms in total. The Hall–Kier alpha value is -0.650. The predicted molar refractivity (Wildman–Crippen MR) is 49.6 cm³/mol. The number of benzene rings is 1. The van der Waals surface area contributed by atoms with E-state index in [1.54, 1.807) is 0 Å². The highest BCUT2D eigenvalue weighted by molar-refractivity contribution is 9.10. The van der Waals surface area contributed by atoms with Crippen LogP contribution in [0.4, 0.5) is 4.39 Å². The van der Waals surface area contributed by atoms with E-state index in [-0.39, 0.29) is 24.3 Å². The quantitative estimate of drug-likeness (QED) is 0.803. The SMILES string of the molecule is NOCCc1c(O)ccc(Br)c1F. The van der Waals surface area contributed by atoms with E-state index >= 15 is 0 Å². The van der Waals surface area contributed by atoms with E-state index in [4.69, 9.17) is 5.90 Å². The van der Waals surface area contributed by atoms with Crippen molar-refractivity contribution in [2.45, 2.75) is 6.42 Å². The number of halogens is 2. The first kappa shape index (κ1) is 10.4. The van der Waals surface area contributed by atoms with E-state index in [1.807, 2.05) is 0 Å². The maximum Gasteiger partial charge on any atom is 0.144 e. The van der Waals surface area contributed by atoms with Gasteiger partial charge in [0.15, 0.2) is 0 Å². The minimum atomic E-state index is -0.475. The van der Waals surface area contributed by atoms with Crippen LogP contribution < -0.4 is 5.90 Å². The molecule has 0 heterocycles. The molecule has 13 heavy (non-hydrogen) atoms. The number of phenols is 1. The molecule has 1 aromatic rings. The summed E-state index contributed by atoms with van der Waals surface area (Å²) in [4.78, 5) is 4.30. The third kappa shape index (κ3) is 2.40. The monoisotopic (exact) mass is 249 g/mol. The Bertz CT molecular complexity index is 306. The highest BCUT2D eigenvalue weighted by Gasteiger charge is 2.10. The summed E-state index contributed by atoms with van der Waals surface area (Å²) in [5.74, 6) is 4.24. The predicted octanol–water partition coefficient (Wildman–Crippen LogP) is 1.73. The minimum absolute atomic E-state index is 0.0854. The third-order valence-electron chi connectivity index (χ3n) is 1.64. The smallest absolute Gasteiger partial charge is 0.144 e. The molecule has 0 radical (unpaired) electrons. The highest BCUT2D eigenvalue weighted by atomic mass is 79.9. The maximum absolute atomic E-state index is 13.3. The molecule has 0 saturated carbocycles. The van der Waals surface area contributed by atoms with Gasteiger partial charge in [-0.25, -0.2) is 10.3 Å². The summed E-state index contributed by atoms with van der Waals surface area (Å²) in [5, 5.41) is 9.29. The molecule has 0 saturated heterocycles. The van der Waals surface area contributed by atoms with Crippen LogP contribution in [0.5, 0.6) is 5.75 Å². The molecule has 3 N–H and O–H groups in total. The highest BCUT2D eigenvalue weighted by Crippen LogP contribution is 2.26. The Morgan fingerprint density at radius 2 is 2.23 bits per heavy atom. The molecule has 0 aliphatic heterocycles. The number of rotatable bonds is 3. The Balaban J connectivity index is 2.96. The van der Waals surface area contributed by atoms with Gasteiger partial charge >= 0.3 is 0 Å². The fraction of sp³-hybridized carbons (Fsp3) is 0.250. The summed E-state index contributed by atoms with van der Waals surface area (Å²) in [6, 6.07) is 2.86. The van der Waals surface area contributed by atoms with Crippen LogP contribution >= 0.6 is 15.9 Å². The first-order valence-corrected chi connectivity index (χ1v) is 4.43. The van der Waals surface area contributed by atoms with Crippen LogP contribution in [0, 0.1) is 5.82 Å². The molecule has 72 valence electrons. The van der Waals surface area contributed by atoms with Crippen LogP contribution in [0.1, 0.15) is 5.56 Å². The van der Waals surface area contributed by atoms with Crippen molar-refractivity contribution < 1.29 is 14.3 Å². The number of hydrogen-bond acceptors (Lipinski definition) is 3. The Morgan fingerprint density at radius 1 is 1.54 bits per heavy atom. The lowest BCUT2D eigenvalue weighted by atomic mass is 10.1. The fourth-order valence-corrected chi connectivity index (χ4v) is 1.35. The van der Waals surface area contributed by atoms with Gasteiger partial charge < -0.3 is 9.94 Å². The zero-order valence-electron chi connectivity index (χ0n) is 6.76. The van der Waals surface area contributed by atoms with Gasteiger partial charge in [-0.05, 0) is 28.1 Å². The normalized spacial score (nSPS) is 10.4. The molecule has 0 fully saturated rings. The fourth-order valence-electron chi connectivity index (χ4n) is 0.981. The minimum Gasteiger partial charge on any atom is -0.508 e. The van der Waals surface area contributed by atoms with E-state index in [2.05, 4.69) is 20.8 Å². The second-order valence-electron chi connectivity index (χ2n) is 2.48. The summed E-state index contributed by atoms with van der Waals surface area (Å²) in [6.45, 7) is 0.168. The lowest BCUT2D eigenvalue weighted by molar-refractivity contribution is 0.140. The number of hydrogen-bond donors (Lipinski definition) is 2. The lowest BCUT2D eigenvalue weighted by Crippen LogP contribution is -2.05. The van der Waals surface area contributed by atoms with Crippen LogP contribution in [0.2, 0.25) is 0 Å². The lowest BCUT2D eigenvalue weighted by Gasteiger charge is -2.06. The molecular formula is C8H9BrFNO2. The van der Waals surface area contributed by atoms with Gasteiger partial charge in [0.25, 0.3) is 0 Å². The standard InChI is InChI=1S/C8H9BrFNO2/c9-6-1-2-7(12)5(8(6)10)3-4-13-11/h1-2,12H,3-4,11H2. The zero-order valence-corrected chi connectivity index (χ0v) is 8.34. The van der Waals surface area contributed by atoms with Crippen molar-refractivity contribution >= 4 is 15.9 Å². The van der Waals surface area contributed by atoms with Crippen LogP contribution in [-0.4, -0.2) is 11.7 Å². The summed E-state index contributed by atoms with van der Waals surface area (Å²) in [7, 11) is 0. The molecule has 0 aromatic heterocycles. The van der Waals surface area contributed by atoms with E-state index in [0.717, 1.165) is 0 Å². The van der Waals surface area contributed by atoms with Crippen molar-refractivity contribution in [3.8, 4) is 5.75 Å². The summed E-state index contributed by atoms with van der Waals surface area (Å²) in [5.41, 5.74) is 0.208. The molecule has 0 bridgehead atoms. The number of nitrogens with two attached hydrogens (primary N) is 1. The van der Waals surface area contributed by atoms with Gasteiger partial charge in [-0.1, -0.05) is 0 Å². The van der Waals surface area contributed by atoms with Crippen LogP contribution in [-0.2, 0) is 11.3 Å². The maximum atomic E-state index is 13.3. The van der Waals surface area contributed by atoms with Gasteiger partial charge in [0.1, 0.15) is 11.6 Å². The van der Waals surface area contributed by atoms with Gasteiger partial charge in [-0.3, -0.25) is 0 Å². The summed E-state index contributed by atoms with van der Waals surface area (Å²) >= 11 is 3.01. The Labute approximate surface area is 83.4 Å². The topological polar surface area (TPSA) is 55.5 Å². The van der Waals surface area contributed by atoms with Gasteiger partial charge in [0, 0.05) is 12.0 Å². The molecule has 0 spiro atoms. The van der Waals surface area contributed by atoms with Crippen molar-refractivity contribution in [1.29, 1.82) is 0 Å². The Kier molecular flexibility index (Phi) is 3.65. The summed E-state index contributed by atoms with van der Waals surface area (Å²) in [6.07, 6.45) is 0.244. The molecule has 5 heteroatoms. The average molecular weight is 250 g/mol. The molecule has 1 rings (SSSR count). The van der Waals surface area contributed by atoms with Gasteiger partial charge in [0.05, 0.1) is 11.1 Å². The molecule has 1 aromatic carbocycles. The zero-order chi connectivity index (χ0) is 9.84. The van der Waals surface area contributed by atoms with Crippen molar-refractivity contribution in [1.82, 2.24) is 0 Å². The molecular weight excluding hydrogens is 241 g/mol. The van der Waals surface area contributed by atoms with Crippen molar-refractivity contribution in [2.24, 2.45) is 5.90 Å². The van der Waals surface area contributed by atoms with E-state index in [9.17, 15) is 9.50 Å². The average Bonchev–Trinajstić information content (AvgIpc) is 2.12. The third-order valence-corrected chi connectivity index (χ3v) is 2.25. The summed E-state index contributed by atoms with van der Waals surface area (Å²) < 4.78 is 13.6. The van der Waals surface area contributed by atoms with Crippen LogP contribution in [0.25, 0.3) is 0 Å². The van der Waals surface area contributed by atoms with Gasteiger partial charge in [-0.15, -0.1) is 0 Å². The van der Waals surface area contributed by atoms with Crippen molar-refractivity contribution in [3.63, 3.8) is 0 Å². The van der Waals surface area contributed by atoms with Crippen molar-refractivity contribution in [2.75, 3.05) is 6.61 Å². The van der Waals surface area contributed by atoms with Gasteiger partial charge in [-0.2, -0.15) is 0 Å². The van der Waals surface area contributed by atoms with Crippen molar-refractivity contribution in [3.05, 3.63) is 28.0 Å². The van der Waals surface area contributed by atoms with Gasteiger partial charge in [0.2, 0.25) is 0 Å². The molecule has 0 amide bonds. The molecule has 0 aliphatic rings. The molecule has 0 atom stereocenters. The van der Waals surface area contributed by atoms with Crippen LogP contribution in [0.15, 0.2) is 16.6 Å². The van der Waals surface area contributed by atoms with E-state index < -0.39 is 5.82 Å². The first-order chi connectivity index (χ1) is 6.16. The second kappa shape index (κ2) is 4.55. The van der Waals surface area contributed by atoms with E-state index in [1.165, 1.54) is 12.1 Å². The number of aromatic hydroxyl groups is 1. The second-order valence-corrected chi connectivity index (χ2v) is 3.33. The Morgan fingerprint density at radius 3 is 2.85 bits per heavy atom. The van der Waals surface area contributed by atoms with E-state index in [0.29, 0.717) is 4.47 Å². The largest absolute Gasteiger partial charge is 0.508 e. The molecule has 0 unspecified atom stereocenters. The van der Waals surface area contributed by atoms with Crippen LogP contribution in [0.3, 0.4) is 0 Å².